The second kappa shape index (κ2) is 8.64. The van der Waals surface area contributed by atoms with Crippen molar-refractivity contribution >= 4 is 17.3 Å². The highest BCUT2D eigenvalue weighted by atomic mass is 16.5. The van der Waals surface area contributed by atoms with Crippen LogP contribution in [0, 0.1) is 5.92 Å². The third-order valence-corrected chi connectivity index (χ3v) is 6.73. The number of allylic oxidation sites excluding steroid dienone is 2. The number of hydrogen-bond acceptors (Lipinski definition) is 6. The van der Waals surface area contributed by atoms with Crippen molar-refractivity contribution in [3.8, 4) is 0 Å². The fourth-order valence-electron chi connectivity index (χ4n) is 5.14. The Morgan fingerprint density at radius 3 is 2.60 bits per heavy atom. The molecular formula is C24H31N5O. The highest BCUT2D eigenvalue weighted by molar-refractivity contribution is 5.59. The molecule has 30 heavy (non-hydrogen) atoms. The predicted molar refractivity (Wildman–Crippen MR) is 120 cm³/mol. The highest BCUT2D eigenvalue weighted by Gasteiger charge is 2.35. The summed E-state index contributed by atoms with van der Waals surface area (Å²) in [5, 5.41) is 6.82. The average molecular weight is 406 g/mol. The molecule has 0 bridgehead atoms. The van der Waals surface area contributed by atoms with Gasteiger partial charge in [-0.05, 0) is 61.1 Å². The number of hydrogen-bond donors (Lipinski definition) is 2. The van der Waals surface area contributed by atoms with Gasteiger partial charge in [-0.2, -0.15) is 0 Å². The summed E-state index contributed by atoms with van der Waals surface area (Å²) in [7, 11) is 1.79. The van der Waals surface area contributed by atoms with Crippen LogP contribution < -0.4 is 15.5 Å². The molecule has 1 atom stereocenters. The minimum Gasteiger partial charge on any atom is -0.501 e. The first-order valence-electron chi connectivity index (χ1n) is 11.2. The van der Waals surface area contributed by atoms with Gasteiger partial charge < -0.3 is 20.3 Å². The number of ether oxygens (including phenoxy) is 1. The van der Waals surface area contributed by atoms with Gasteiger partial charge in [0.1, 0.15) is 5.76 Å². The smallest absolute Gasteiger partial charge is 0.227 e. The van der Waals surface area contributed by atoms with Crippen molar-refractivity contribution in [3.63, 3.8) is 0 Å². The molecule has 1 saturated heterocycles. The Kier molecular flexibility index (Phi) is 5.58. The molecule has 0 spiro atoms. The lowest BCUT2D eigenvalue weighted by atomic mass is 9.81. The molecule has 1 aliphatic heterocycles. The molecule has 0 radical (unpaired) electrons. The number of fused-ring (bicyclic) bond motifs is 1. The first-order chi connectivity index (χ1) is 14.8. The van der Waals surface area contributed by atoms with Crippen molar-refractivity contribution in [2.75, 3.05) is 43.5 Å². The normalized spacial score (nSPS) is 21.8. The van der Waals surface area contributed by atoms with Crippen LogP contribution in [0.1, 0.15) is 42.9 Å². The predicted octanol–water partition coefficient (Wildman–Crippen LogP) is 3.99. The van der Waals surface area contributed by atoms with Gasteiger partial charge in [0, 0.05) is 43.8 Å². The molecule has 2 N–H and O–H groups in total. The first kappa shape index (κ1) is 19.4. The van der Waals surface area contributed by atoms with E-state index in [0.717, 1.165) is 49.7 Å². The second-order valence-corrected chi connectivity index (χ2v) is 8.55. The third-order valence-electron chi connectivity index (χ3n) is 6.73. The zero-order valence-corrected chi connectivity index (χ0v) is 17.7. The molecular weight excluding hydrogens is 374 g/mol. The average Bonchev–Trinajstić information content (AvgIpc) is 3.34. The monoisotopic (exact) mass is 405 g/mol. The molecule has 2 heterocycles. The van der Waals surface area contributed by atoms with Crippen molar-refractivity contribution < 1.29 is 4.74 Å². The second-order valence-electron chi connectivity index (χ2n) is 8.55. The van der Waals surface area contributed by atoms with E-state index >= 15 is 0 Å². The maximum atomic E-state index is 5.77. The van der Waals surface area contributed by atoms with Crippen molar-refractivity contribution in [1.29, 1.82) is 0 Å². The summed E-state index contributed by atoms with van der Waals surface area (Å²) in [6.45, 7) is 4.20. The maximum Gasteiger partial charge on any atom is 0.227 e. The van der Waals surface area contributed by atoms with Gasteiger partial charge in [-0.15, -0.1) is 0 Å². The van der Waals surface area contributed by atoms with E-state index in [-0.39, 0.29) is 5.92 Å². The molecule has 1 aromatic heterocycles. The Balaban J connectivity index is 1.36. The van der Waals surface area contributed by atoms with Crippen LogP contribution in [-0.4, -0.2) is 43.3 Å². The topological polar surface area (TPSA) is 62.3 Å². The summed E-state index contributed by atoms with van der Waals surface area (Å²) in [6, 6.07) is 8.60. The van der Waals surface area contributed by atoms with Crippen molar-refractivity contribution in [2.24, 2.45) is 5.92 Å². The van der Waals surface area contributed by atoms with Gasteiger partial charge in [-0.1, -0.05) is 12.8 Å². The minimum absolute atomic E-state index is 0.264. The maximum absolute atomic E-state index is 5.77. The van der Waals surface area contributed by atoms with Gasteiger partial charge in [-0.25, -0.2) is 9.97 Å². The van der Waals surface area contributed by atoms with E-state index < -0.39 is 0 Å². The molecule has 1 aromatic carbocycles. The Hall–Kier alpha value is -2.60. The zero-order chi connectivity index (χ0) is 20.3. The zero-order valence-electron chi connectivity index (χ0n) is 17.7. The van der Waals surface area contributed by atoms with Gasteiger partial charge in [0.25, 0.3) is 0 Å². The number of nitrogens with zero attached hydrogens (tertiary/aromatic N) is 3. The number of methoxy groups -OCH3 is 1. The van der Waals surface area contributed by atoms with Crippen LogP contribution in [-0.2, 0) is 11.2 Å². The summed E-state index contributed by atoms with van der Waals surface area (Å²) in [4.78, 5) is 12.0. The Bertz CT molecular complexity index is 898. The summed E-state index contributed by atoms with van der Waals surface area (Å²) in [5.41, 5.74) is 4.66. The van der Waals surface area contributed by atoms with Crippen molar-refractivity contribution in [1.82, 2.24) is 15.3 Å². The summed E-state index contributed by atoms with van der Waals surface area (Å²) in [6.07, 6.45) is 10.2. The standard InChI is InChI=1S/C24H31N5O/c1-30-21-11-6-18-16-26-24(28-23(18)22(21)17-4-2-3-5-17)27-19-7-9-20(10-8-19)29-14-12-25-13-15-29/h7-11,16-17,22,25H,2-6,12-15H2,1H3,(H,26,27,28). The van der Waals surface area contributed by atoms with Crippen LogP contribution in [0.3, 0.4) is 0 Å². The molecule has 3 aliphatic rings. The largest absolute Gasteiger partial charge is 0.501 e. The van der Waals surface area contributed by atoms with E-state index in [9.17, 15) is 0 Å². The van der Waals surface area contributed by atoms with Gasteiger partial charge in [0.15, 0.2) is 0 Å². The quantitative estimate of drug-likeness (QED) is 0.784. The first-order valence-corrected chi connectivity index (χ1v) is 11.2. The molecule has 0 amide bonds. The van der Waals surface area contributed by atoms with Crippen molar-refractivity contribution in [3.05, 3.63) is 53.6 Å². The Morgan fingerprint density at radius 1 is 1.10 bits per heavy atom. The molecule has 5 rings (SSSR count). The van der Waals surface area contributed by atoms with E-state index in [4.69, 9.17) is 9.72 Å². The van der Waals surface area contributed by atoms with Crippen LogP contribution in [0.15, 0.2) is 42.3 Å². The lowest BCUT2D eigenvalue weighted by Crippen LogP contribution is -2.43. The van der Waals surface area contributed by atoms with Gasteiger partial charge in [0.05, 0.1) is 18.7 Å². The summed E-state index contributed by atoms with van der Waals surface area (Å²) < 4.78 is 5.77. The van der Waals surface area contributed by atoms with E-state index in [0.29, 0.717) is 11.9 Å². The molecule has 6 nitrogen and oxygen atoms in total. The van der Waals surface area contributed by atoms with Crippen molar-refractivity contribution in [2.45, 2.75) is 38.0 Å². The number of benzene rings is 1. The SMILES string of the molecule is COC1=CCc2cnc(Nc3ccc(N4CCNCC4)cc3)nc2C1C1CCCC1. The van der Waals surface area contributed by atoms with Gasteiger partial charge in [-0.3, -0.25) is 0 Å². The Morgan fingerprint density at radius 2 is 1.87 bits per heavy atom. The molecule has 6 heteroatoms. The fourth-order valence-corrected chi connectivity index (χ4v) is 5.14. The lowest BCUT2D eigenvalue weighted by molar-refractivity contribution is 0.232. The van der Waals surface area contributed by atoms with E-state index in [2.05, 4.69) is 50.9 Å². The number of anilines is 3. The van der Waals surface area contributed by atoms with Crippen LogP contribution in [0.5, 0.6) is 0 Å². The fraction of sp³-hybridized carbons (Fsp3) is 0.500. The molecule has 1 unspecified atom stereocenters. The molecule has 2 aromatic rings. The minimum atomic E-state index is 0.264. The molecule has 2 fully saturated rings. The van der Waals surface area contributed by atoms with Crippen LogP contribution in [0.25, 0.3) is 0 Å². The summed E-state index contributed by atoms with van der Waals surface area (Å²) >= 11 is 0. The Labute approximate surface area is 178 Å². The van der Waals surface area contributed by atoms with Crippen LogP contribution in [0.2, 0.25) is 0 Å². The van der Waals surface area contributed by atoms with Gasteiger partial charge >= 0.3 is 0 Å². The number of nitrogens with one attached hydrogen (secondary N) is 2. The lowest BCUT2D eigenvalue weighted by Gasteiger charge is -2.30. The number of aromatic nitrogens is 2. The summed E-state index contributed by atoms with van der Waals surface area (Å²) in [5.74, 6) is 2.64. The van der Waals surface area contributed by atoms with Crippen LogP contribution >= 0.6 is 0 Å². The number of piperazine rings is 1. The van der Waals surface area contributed by atoms with E-state index in [1.54, 1.807) is 7.11 Å². The number of rotatable bonds is 5. The van der Waals surface area contributed by atoms with E-state index in [1.165, 1.54) is 36.9 Å². The van der Waals surface area contributed by atoms with Crippen LogP contribution in [0.4, 0.5) is 17.3 Å². The molecule has 158 valence electrons. The molecule has 1 saturated carbocycles. The molecule has 2 aliphatic carbocycles. The third kappa shape index (κ3) is 3.88. The highest BCUT2D eigenvalue weighted by Crippen LogP contribution is 2.44. The van der Waals surface area contributed by atoms with Gasteiger partial charge in [0.2, 0.25) is 5.95 Å². The van der Waals surface area contributed by atoms with E-state index in [1.807, 2.05) is 6.20 Å².